The summed E-state index contributed by atoms with van der Waals surface area (Å²) in [6.07, 6.45) is 3.67. The Morgan fingerprint density at radius 1 is 1.25 bits per heavy atom. The Labute approximate surface area is 142 Å². The van der Waals surface area contributed by atoms with Gasteiger partial charge in [0.2, 0.25) is 0 Å². The maximum Gasteiger partial charge on any atom is 0.317 e. The van der Waals surface area contributed by atoms with E-state index in [1.54, 1.807) is 6.33 Å². The number of nitrogens with one attached hydrogen (secondary N) is 1. The topological polar surface area (TPSA) is 84.8 Å². The molecule has 2 saturated heterocycles. The minimum absolute atomic E-state index is 0.00313. The average molecular weight is 334 g/mol. The number of piperazine rings is 1. The molecule has 1 aromatic rings. The highest BCUT2D eigenvalue weighted by Crippen LogP contribution is 2.26. The molecule has 2 fully saturated rings. The summed E-state index contributed by atoms with van der Waals surface area (Å²) in [5.74, 6) is 1.77. The molecule has 2 aliphatic heterocycles. The van der Waals surface area contributed by atoms with Gasteiger partial charge in [0.25, 0.3) is 0 Å². The van der Waals surface area contributed by atoms with Crippen LogP contribution in [0.25, 0.3) is 0 Å². The highest BCUT2D eigenvalue weighted by molar-refractivity contribution is 5.74. The molecule has 0 aliphatic carbocycles. The maximum atomic E-state index is 11.9. The van der Waals surface area contributed by atoms with Gasteiger partial charge in [-0.3, -0.25) is 0 Å². The predicted molar refractivity (Wildman–Crippen MR) is 92.3 cm³/mol. The Kier molecular flexibility index (Phi) is 5.34. The molecular formula is C16H26N6O2. The number of carbonyl (C=O) groups excluding carboxylic acids is 1. The molecule has 1 unspecified atom stereocenters. The highest BCUT2D eigenvalue weighted by Gasteiger charge is 2.26. The van der Waals surface area contributed by atoms with Crippen molar-refractivity contribution in [3.8, 4) is 0 Å². The lowest BCUT2D eigenvalue weighted by atomic mass is 10.2. The molecule has 0 saturated carbocycles. The first-order chi connectivity index (χ1) is 11.7. The van der Waals surface area contributed by atoms with Crippen molar-refractivity contribution in [2.75, 3.05) is 55.7 Å². The number of aliphatic hydroxyl groups excluding tert-OH is 1. The third-order valence-corrected chi connectivity index (χ3v) is 4.74. The van der Waals surface area contributed by atoms with Gasteiger partial charge in [0.05, 0.1) is 12.6 Å². The number of hydrogen-bond donors (Lipinski definition) is 2. The summed E-state index contributed by atoms with van der Waals surface area (Å²) < 4.78 is 0. The van der Waals surface area contributed by atoms with Crippen LogP contribution < -0.4 is 15.1 Å². The van der Waals surface area contributed by atoms with Gasteiger partial charge in [0, 0.05) is 45.3 Å². The van der Waals surface area contributed by atoms with Crippen LogP contribution in [0.15, 0.2) is 12.4 Å². The van der Waals surface area contributed by atoms with Crippen molar-refractivity contribution in [2.24, 2.45) is 0 Å². The number of carbonyl (C=O) groups is 1. The molecule has 2 aliphatic rings. The van der Waals surface area contributed by atoms with E-state index in [0.717, 1.165) is 44.1 Å². The summed E-state index contributed by atoms with van der Waals surface area (Å²) in [6, 6.07) is 2.15. The summed E-state index contributed by atoms with van der Waals surface area (Å²) in [6.45, 7) is 6.55. The minimum atomic E-state index is 0.00313. The lowest BCUT2D eigenvalue weighted by Gasteiger charge is -2.35. The average Bonchev–Trinajstić information content (AvgIpc) is 3.11. The molecule has 0 aromatic carbocycles. The van der Waals surface area contributed by atoms with E-state index in [1.807, 2.05) is 17.9 Å². The number of nitrogens with zero attached hydrogens (tertiary/aromatic N) is 5. The number of aromatic nitrogens is 2. The first-order valence-corrected chi connectivity index (χ1v) is 8.70. The smallest absolute Gasteiger partial charge is 0.317 e. The van der Waals surface area contributed by atoms with E-state index in [1.165, 1.54) is 0 Å². The fourth-order valence-electron chi connectivity index (χ4n) is 3.40. The van der Waals surface area contributed by atoms with E-state index in [-0.39, 0.29) is 18.7 Å². The molecule has 0 spiro atoms. The fourth-order valence-corrected chi connectivity index (χ4v) is 3.40. The van der Waals surface area contributed by atoms with Crippen LogP contribution in [0.5, 0.6) is 0 Å². The van der Waals surface area contributed by atoms with Crippen molar-refractivity contribution in [2.45, 2.75) is 25.8 Å². The molecule has 1 atom stereocenters. The third kappa shape index (κ3) is 3.53. The quantitative estimate of drug-likeness (QED) is 0.823. The summed E-state index contributed by atoms with van der Waals surface area (Å²) in [7, 11) is 0. The molecule has 0 bridgehead atoms. The number of aliphatic hydroxyl groups is 1. The van der Waals surface area contributed by atoms with Crippen LogP contribution in [-0.4, -0.2) is 77.9 Å². The largest absolute Gasteiger partial charge is 0.394 e. The van der Waals surface area contributed by atoms with E-state index >= 15 is 0 Å². The zero-order chi connectivity index (χ0) is 16.9. The van der Waals surface area contributed by atoms with Gasteiger partial charge in [-0.25, -0.2) is 14.8 Å². The number of rotatable bonds is 4. The zero-order valence-electron chi connectivity index (χ0n) is 14.2. The van der Waals surface area contributed by atoms with E-state index < -0.39 is 0 Å². The molecule has 2 N–H and O–H groups in total. The Morgan fingerprint density at radius 2 is 2.00 bits per heavy atom. The SMILES string of the molecule is CCNC(=O)N1CCN(c2cc(N3CCCC3CO)ncn2)CC1. The van der Waals surface area contributed by atoms with Crippen LogP contribution in [0.1, 0.15) is 19.8 Å². The first kappa shape index (κ1) is 16.8. The van der Waals surface area contributed by atoms with Crippen molar-refractivity contribution < 1.29 is 9.90 Å². The van der Waals surface area contributed by atoms with Crippen LogP contribution in [0, 0.1) is 0 Å². The number of amides is 2. The van der Waals surface area contributed by atoms with Gasteiger partial charge in [0.1, 0.15) is 18.0 Å². The molecule has 8 heteroatoms. The minimum Gasteiger partial charge on any atom is -0.394 e. The van der Waals surface area contributed by atoms with Crippen LogP contribution >= 0.6 is 0 Å². The number of hydrogen-bond acceptors (Lipinski definition) is 6. The Morgan fingerprint density at radius 3 is 2.71 bits per heavy atom. The molecule has 0 radical (unpaired) electrons. The van der Waals surface area contributed by atoms with Gasteiger partial charge in [-0.1, -0.05) is 0 Å². The molecule has 1 aromatic heterocycles. The summed E-state index contributed by atoms with van der Waals surface area (Å²) in [5.41, 5.74) is 0. The molecule has 8 nitrogen and oxygen atoms in total. The number of anilines is 2. The monoisotopic (exact) mass is 334 g/mol. The van der Waals surface area contributed by atoms with Crippen molar-refractivity contribution in [3.05, 3.63) is 12.4 Å². The molecule has 3 heterocycles. The molecular weight excluding hydrogens is 308 g/mol. The van der Waals surface area contributed by atoms with Crippen molar-refractivity contribution in [3.63, 3.8) is 0 Å². The lowest BCUT2D eigenvalue weighted by molar-refractivity contribution is 0.195. The van der Waals surface area contributed by atoms with Crippen molar-refractivity contribution in [1.82, 2.24) is 20.2 Å². The Hall–Kier alpha value is -2.09. The van der Waals surface area contributed by atoms with Crippen LogP contribution in [-0.2, 0) is 0 Å². The van der Waals surface area contributed by atoms with Crippen molar-refractivity contribution >= 4 is 17.7 Å². The normalized spacial score (nSPS) is 21.2. The van der Waals surface area contributed by atoms with Gasteiger partial charge in [-0.2, -0.15) is 0 Å². The van der Waals surface area contributed by atoms with E-state index in [4.69, 9.17) is 0 Å². The van der Waals surface area contributed by atoms with Gasteiger partial charge in [-0.15, -0.1) is 0 Å². The van der Waals surface area contributed by atoms with Crippen LogP contribution in [0.2, 0.25) is 0 Å². The van der Waals surface area contributed by atoms with Crippen LogP contribution in [0.3, 0.4) is 0 Å². The first-order valence-electron chi connectivity index (χ1n) is 8.70. The Bertz CT molecular complexity index is 561. The molecule has 2 amide bonds. The maximum absolute atomic E-state index is 11.9. The lowest BCUT2D eigenvalue weighted by Crippen LogP contribution is -2.52. The number of urea groups is 1. The van der Waals surface area contributed by atoms with E-state index in [2.05, 4.69) is 25.1 Å². The Balaban J connectivity index is 1.64. The molecule has 24 heavy (non-hydrogen) atoms. The second kappa shape index (κ2) is 7.65. The molecule has 3 rings (SSSR count). The summed E-state index contributed by atoms with van der Waals surface area (Å²) >= 11 is 0. The third-order valence-electron chi connectivity index (χ3n) is 4.74. The summed E-state index contributed by atoms with van der Waals surface area (Å²) in [5, 5.41) is 12.3. The van der Waals surface area contributed by atoms with Gasteiger partial charge < -0.3 is 25.1 Å². The highest BCUT2D eigenvalue weighted by atomic mass is 16.3. The van der Waals surface area contributed by atoms with E-state index in [9.17, 15) is 9.90 Å². The van der Waals surface area contributed by atoms with Crippen LogP contribution in [0.4, 0.5) is 16.4 Å². The van der Waals surface area contributed by atoms with Gasteiger partial charge in [-0.05, 0) is 19.8 Å². The second-order valence-corrected chi connectivity index (χ2v) is 6.22. The zero-order valence-corrected chi connectivity index (χ0v) is 14.2. The second-order valence-electron chi connectivity index (χ2n) is 6.22. The molecule has 132 valence electrons. The fraction of sp³-hybridized carbons (Fsp3) is 0.688. The van der Waals surface area contributed by atoms with Gasteiger partial charge >= 0.3 is 6.03 Å². The van der Waals surface area contributed by atoms with Gasteiger partial charge in [0.15, 0.2) is 0 Å². The predicted octanol–water partition coefficient (Wildman–Crippen LogP) is 0.289. The van der Waals surface area contributed by atoms with Crippen molar-refractivity contribution in [1.29, 1.82) is 0 Å². The van der Waals surface area contributed by atoms with E-state index in [0.29, 0.717) is 19.6 Å². The standard InChI is InChI=1S/C16H26N6O2/c1-2-17-16(24)21-8-6-20(7-9-21)14-10-15(19-12-18-14)22-5-3-4-13(22)11-23/h10,12-13,23H,2-9,11H2,1H3,(H,17,24). The summed E-state index contributed by atoms with van der Waals surface area (Å²) in [4.78, 5) is 26.8.